The van der Waals surface area contributed by atoms with Crippen molar-refractivity contribution in [3.05, 3.63) is 59.4 Å². The number of nitrogens with one attached hydrogen (secondary N) is 2. The summed E-state index contributed by atoms with van der Waals surface area (Å²) >= 11 is 0. The fourth-order valence-electron chi connectivity index (χ4n) is 4.50. The van der Waals surface area contributed by atoms with Crippen LogP contribution in [-0.2, 0) is 22.6 Å². The molecule has 1 aliphatic rings. The van der Waals surface area contributed by atoms with E-state index >= 15 is 0 Å². The number of amides is 2. The lowest BCUT2D eigenvalue weighted by atomic mass is 9.89. The van der Waals surface area contributed by atoms with Gasteiger partial charge in [-0.2, -0.15) is 0 Å². The average Bonchev–Trinajstić information content (AvgIpc) is 3.14. The van der Waals surface area contributed by atoms with Crippen LogP contribution in [0.5, 0.6) is 0 Å². The molecule has 1 fully saturated rings. The quantitative estimate of drug-likeness (QED) is 0.576. The van der Waals surface area contributed by atoms with Gasteiger partial charge in [0.25, 0.3) is 0 Å². The number of anilines is 1. The first-order valence-electron chi connectivity index (χ1n) is 11.6. The first-order valence-corrected chi connectivity index (χ1v) is 11.6. The second kappa shape index (κ2) is 9.98. The van der Waals surface area contributed by atoms with Crippen LogP contribution in [-0.4, -0.2) is 27.9 Å². The Balaban J connectivity index is 1.45. The molecule has 0 bridgehead atoms. The number of carbonyl (C=O) groups is 2. The van der Waals surface area contributed by atoms with Crippen LogP contribution >= 0.6 is 0 Å². The molecular formula is C26H32N4O2. The van der Waals surface area contributed by atoms with Crippen LogP contribution in [0.3, 0.4) is 0 Å². The maximum atomic E-state index is 12.9. The van der Waals surface area contributed by atoms with Gasteiger partial charge in [0.2, 0.25) is 11.8 Å². The Morgan fingerprint density at radius 3 is 2.66 bits per heavy atom. The van der Waals surface area contributed by atoms with E-state index in [0.717, 1.165) is 59.4 Å². The van der Waals surface area contributed by atoms with Gasteiger partial charge in [-0.05, 0) is 56.0 Å². The number of hydrogen-bond acceptors (Lipinski definition) is 3. The fraction of sp³-hybridized carbons (Fsp3) is 0.423. The van der Waals surface area contributed by atoms with Crippen molar-refractivity contribution in [2.75, 3.05) is 11.9 Å². The molecule has 0 saturated heterocycles. The molecule has 168 valence electrons. The maximum absolute atomic E-state index is 12.9. The van der Waals surface area contributed by atoms with Gasteiger partial charge < -0.3 is 15.2 Å². The third-order valence-corrected chi connectivity index (χ3v) is 6.33. The first kappa shape index (κ1) is 22.1. The minimum absolute atomic E-state index is 0.0886. The van der Waals surface area contributed by atoms with Gasteiger partial charge in [-0.25, -0.2) is 4.98 Å². The topological polar surface area (TPSA) is 76.0 Å². The fourth-order valence-corrected chi connectivity index (χ4v) is 4.50. The molecule has 1 aliphatic carbocycles. The second-order valence-corrected chi connectivity index (χ2v) is 8.85. The predicted octanol–water partition coefficient (Wildman–Crippen LogP) is 4.53. The molecule has 6 heteroatoms. The largest absolute Gasteiger partial charge is 0.355 e. The van der Waals surface area contributed by atoms with Crippen LogP contribution in [0, 0.1) is 19.8 Å². The van der Waals surface area contributed by atoms with E-state index in [1.807, 2.05) is 60.9 Å². The summed E-state index contributed by atoms with van der Waals surface area (Å²) in [6, 6.07) is 13.9. The molecule has 2 N–H and O–H groups in total. The van der Waals surface area contributed by atoms with Gasteiger partial charge in [-0.15, -0.1) is 0 Å². The van der Waals surface area contributed by atoms with Crippen molar-refractivity contribution in [3.8, 4) is 0 Å². The minimum Gasteiger partial charge on any atom is -0.355 e. The van der Waals surface area contributed by atoms with Crippen molar-refractivity contribution in [1.82, 2.24) is 14.9 Å². The number of aromatic nitrogens is 2. The van der Waals surface area contributed by atoms with E-state index in [0.29, 0.717) is 13.0 Å². The summed E-state index contributed by atoms with van der Waals surface area (Å²) in [4.78, 5) is 30.1. The Morgan fingerprint density at radius 1 is 1.06 bits per heavy atom. The maximum Gasteiger partial charge on any atom is 0.244 e. The number of imidazole rings is 1. The smallest absolute Gasteiger partial charge is 0.244 e. The van der Waals surface area contributed by atoms with Crippen molar-refractivity contribution < 1.29 is 9.59 Å². The lowest BCUT2D eigenvalue weighted by Gasteiger charge is -2.20. The van der Waals surface area contributed by atoms with Gasteiger partial charge in [0.15, 0.2) is 0 Å². The number of aryl methyl sites for hydroxylation is 2. The highest BCUT2D eigenvalue weighted by molar-refractivity contribution is 5.92. The van der Waals surface area contributed by atoms with Crippen molar-refractivity contribution in [2.45, 2.75) is 58.9 Å². The van der Waals surface area contributed by atoms with E-state index in [4.69, 9.17) is 4.98 Å². The lowest BCUT2D eigenvalue weighted by molar-refractivity contribution is -0.125. The molecule has 4 rings (SSSR count). The Bertz CT molecular complexity index is 1110. The molecule has 2 aromatic carbocycles. The van der Waals surface area contributed by atoms with Crippen molar-refractivity contribution in [3.63, 3.8) is 0 Å². The molecule has 6 nitrogen and oxygen atoms in total. The van der Waals surface area contributed by atoms with Crippen LogP contribution < -0.4 is 10.6 Å². The highest BCUT2D eigenvalue weighted by atomic mass is 16.2. The normalized spacial score (nSPS) is 14.4. The third-order valence-electron chi connectivity index (χ3n) is 6.33. The Morgan fingerprint density at radius 2 is 1.84 bits per heavy atom. The zero-order valence-electron chi connectivity index (χ0n) is 19.0. The summed E-state index contributed by atoms with van der Waals surface area (Å²) in [5, 5.41) is 6.13. The minimum atomic E-state index is -0.0886. The van der Waals surface area contributed by atoms with E-state index in [9.17, 15) is 9.59 Å². The summed E-state index contributed by atoms with van der Waals surface area (Å²) in [5.41, 5.74) is 4.76. The van der Waals surface area contributed by atoms with Crippen LogP contribution in [0.2, 0.25) is 0 Å². The van der Waals surface area contributed by atoms with E-state index in [2.05, 4.69) is 10.6 Å². The van der Waals surface area contributed by atoms with Crippen LogP contribution in [0.1, 0.15) is 49.1 Å². The van der Waals surface area contributed by atoms with Gasteiger partial charge in [0.05, 0.1) is 11.0 Å². The molecular weight excluding hydrogens is 400 g/mol. The first-order chi connectivity index (χ1) is 15.5. The van der Waals surface area contributed by atoms with E-state index in [-0.39, 0.29) is 24.3 Å². The number of rotatable bonds is 7. The summed E-state index contributed by atoms with van der Waals surface area (Å²) in [6.45, 7) is 4.71. The van der Waals surface area contributed by atoms with E-state index < -0.39 is 0 Å². The monoisotopic (exact) mass is 432 g/mol. The number of carbonyl (C=O) groups excluding carboxylic acids is 2. The summed E-state index contributed by atoms with van der Waals surface area (Å²) < 4.78 is 1.96. The van der Waals surface area contributed by atoms with Gasteiger partial charge in [-0.3, -0.25) is 9.59 Å². The second-order valence-electron chi connectivity index (χ2n) is 8.85. The van der Waals surface area contributed by atoms with Crippen molar-refractivity contribution in [1.29, 1.82) is 0 Å². The summed E-state index contributed by atoms with van der Waals surface area (Å²) in [7, 11) is 0. The average molecular weight is 433 g/mol. The Labute approximate surface area is 189 Å². The Hall–Kier alpha value is -3.15. The molecule has 1 saturated carbocycles. The standard InChI is InChI=1S/C26H32N4O2/c1-18-12-13-19(2)22(16-18)29-25(31)17-30-23-11-7-6-10-21(23)28-24(30)14-15-27-26(32)20-8-4-3-5-9-20/h6-7,10-13,16,20H,3-5,8-9,14-15,17H2,1-2H3,(H,27,32)(H,29,31). The van der Waals surface area contributed by atoms with Crippen LogP contribution in [0.4, 0.5) is 5.69 Å². The number of fused-ring (bicyclic) bond motifs is 1. The van der Waals surface area contributed by atoms with E-state index in [1.165, 1.54) is 6.42 Å². The Kier molecular flexibility index (Phi) is 6.88. The van der Waals surface area contributed by atoms with Crippen molar-refractivity contribution >= 4 is 28.5 Å². The van der Waals surface area contributed by atoms with E-state index in [1.54, 1.807) is 0 Å². The zero-order valence-corrected chi connectivity index (χ0v) is 19.0. The number of para-hydroxylation sites is 2. The molecule has 2 amide bonds. The van der Waals surface area contributed by atoms with Gasteiger partial charge in [0, 0.05) is 24.6 Å². The molecule has 0 aliphatic heterocycles. The number of hydrogen-bond donors (Lipinski definition) is 2. The lowest BCUT2D eigenvalue weighted by Crippen LogP contribution is -2.33. The molecule has 0 atom stereocenters. The van der Waals surface area contributed by atoms with Crippen molar-refractivity contribution in [2.24, 2.45) is 5.92 Å². The molecule has 32 heavy (non-hydrogen) atoms. The SMILES string of the molecule is Cc1ccc(C)c(NC(=O)Cn2c(CCNC(=O)C3CCCCC3)nc3ccccc32)c1. The summed E-state index contributed by atoms with van der Waals surface area (Å²) in [6.07, 6.45) is 6.08. The van der Waals surface area contributed by atoms with Crippen LogP contribution in [0.25, 0.3) is 11.0 Å². The summed E-state index contributed by atoms with van der Waals surface area (Å²) in [5.74, 6) is 1.02. The molecule has 0 radical (unpaired) electrons. The molecule has 1 heterocycles. The van der Waals surface area contributed by atoms with Gasteiger partial charge in [0.1, 0.15) is 12.4 Å². The van der Waals surface area contributed by atoms with Crippen LogP contribution in [0.15, 0.2) is 42.5 Å². The molecule has 0 spiro atoms. The highest BCUT2D eigenvalue weighted by Crippen LogP contribution is 2.24. The van der Waals surface area contributed by atoms with Gasteiger partial charge in [-0.1, -0.05) is 43.5 Å². The number of benzene rings is 2. The molecule has 3 aromatic rings. The van der Waals surface area contributed by atoms with Gasteiger partial charge >= 0.3 is 0 Å². The molecule has 0 unspecified atom stereocenters. The molecule has 1 aromatic heterocycles. The highest BCUT2D eigenvalue weighted by Gasteiger charge is 2.21. The third kappa shape index (κ3) is 5.18. The zero-order chi connectivity index (χ0) is 22.5. The number of nitrogens with zero attached hydrogens (tertiary/aromatic N) is 2. The predicted molar refractivity (Wildman–Crippen MR) is 128 cm³/mol.